The standard InChI is InChI=1S/C15H17N3O/c1-11-4-2-3-5-12(11)10-18-15(19)8-14(9-16-18)17-13-6-7-13/h2-5,8-9,13,17H,6-7,10H2,1H3. The zero-order chi connectivity index (χ0) is 13.2. The molecule has 1 fully saturated rings. The van der Waals surface area contributed by atoms with Gasteiger partial charge >= 0.3 is 0 Å². The van der Waals surface area contributed by atoms with Crippen LogP contribution in [0.25, 0.3) is 0 Å². The predicted molar refractivity (Wildman–Crippen MR) is 75.4 cm³/mol. The zero-order valence-electron chi connectivity index (χ0n) is 11.0. The van der Waals surface area contributed by atoms with Gasteiger partial charge < -0.3 is 5.32 Å². The van der Waals surface area contributed by atoms with E-state index >= 15 is 0 Å². The lowest BCUT2D eigenvalue weighted by molar-refractivity contribution is 0.637. The Kier molecular flexibility index (Phi) is 3.07. The molecule has 98 valence electrons. The van der Waals surface area contributed by atoms with E-state index in [1.54, 1.807) is 12.3 Å². The van der Waals surface area contributed by atoms with Crippen LogP contribution in [0, 0.1) is 6.92 Å². The summed E-state index contributed by atoms with van der Waals surface area (Å²) in [6.07, 6.45) is 4.11. The molecule has 4 nitrogen and oxygen atoms in total. The van der Waals surface area contributed by atoms with Crippen LogP contribution in [0.4, 0.5) is 5.69 Å². The number of hydrogen-bond acceptors (Lipinski definition) is 3. The van der Waals surface area contributed by atoms with Crippen molar-refractivity contribution in [2.45, 2.75) is 32.4 Å². The number of rotatable bonds is 4. The van der Waals surface area contributed by atoms with E-state index in [0.717, 1.165) is 11.3 Å². The predicted octanol–water partition coefficient (Wildman–Crippen LogP) is 2.17. The van der Waals surface area contributed by atoms with Crippen molar-refractivity contribution in [2.24, 2.45) is 0 Å². The van der Waals surface area contributed by atoms with Gasteiger partial charge in [0.15, 0.2) is 0 Å². The average molecular weight is 255 g/mol. The first-order valence-corrected chi connectivity index (χ1v) is 6.60. The molecule has 1 aliphatic rings. The number of benzene rings is 1. The minimum absolute atomic E-state index is 0.0612. The first-order valence-electron chi connectivity index (χ1n) is 6.60. The van der Waals surface area contributed by atoms with Crippen molar-refractivity contribution < 1.29 is 0 Å². The highest BCUT2D eigenvalue weighted by Gasteiger charge is 2.21. The van der Waals surface area contributed by atoms with E-state index in [0.29, 0.717) is 12.6 Å². The van der Waals surface area contributed by atoms with Crippen LogP contribution in [0.3, 0.4) is 0 Å². The van der Waals surface area contributed by atoms with Crippen LogP contribution in [0.2, 0.25) is 0 Å². The minimum Gasteiger partial charge on any atom is -0.381 e. The number of aromatic nitrogens is 2. The van der Waals surface area contributed by atoms with Gasteiger partial charge in [-0.2, -0.15) is 5.10 Å². The monoisotopic (exact) mass is 255 g/mol. The molecule has 0 amide bonds. The van der Waals surface area contributed by atoms with Crippen LogP contribution in [-0.4, -0.2) is 15.8 Å². The maximum absolute atomic E-state index is 12.0. The molecule has 3 rings (SSSR count). The van der Waals surface area contributed by atoms with Gasteiger partial charge in [-0.15, -0.1) is 0 Å². The Morgan fingerprint density at radius 1 is 1.37 bits per heavy atom. The molecule has 1 aromatic heterocycles. The van der Waals surface area contributed by atoms with E-state index in [9.17, 15) is 4.79 Å². The number of anilines is 1. The molecule has 0 spiro atoms. The second-order valence-corrected chi connectivity index (χ2v) is 5.09. The normalized spacial score (nSPS) is 14.4. The highest BCUT2D eigenvalue weighted by Crippen LogP contribution is 2.23. The van der Waals surface area contributed by atoms with E-state index in [4.69, 9.17) is 0 Å². The quantitative estimate of drug-likeness (QED) is 0.910. The lowest BCUT2D eigenvalue weighted by Crippen LogP contribution is -2.23. The average Bonchev–Trinajstić information content (AvgIpc) is 3.19. The summed E-state index contributed by atoms with van der Waals surface area (Å²) in [6.45, 7) is 2.57. The van der Waals surface area contributed by atoms with E-state index in [1.165, 1.54) is 23.1 Å². The number of nitrogens with one attached hydrogen (secondary N) is 1. The van der Waals surface area contributed by atoms with Gasteiger partial charge in [0.05, 0.1) is 18.4 Å². The summed E-state index contributed by atoms with van der Waals surface area (Å²) >= 11 is 0. The maximum Gasteiger partial charge on any atom is 0.269 e. The topological polar surface area (TPSA) is 46.9 Å². The van der Waals surface area contributed by atoms with Gasteiger partial charge in [-0.05, 0) is 30.9 Å². The molecule has 1 heterocycles. The van der Waals surface area contributed by atoms with Crippen molar-refractivity contribution in [1.82, 2.24) is 9.78 Å². The van der Waals surface area contributed by atoms with Gasteiger partial charge in [0.2, 0.25) is 0 Å². The third-order valence-corrected chi connectivity index (χ3v) is 3.40. The van der Waals surface area contributed by atoms with Crippen molar-refractivity contribution in [1.29, 1.82) is 0 Å². The minimum atomic E-state index is -0.0612. The third-order valence-electron chi connectivity index (χ3n) is 3.40. The number of aryl methyl sites for hydroxylation is 1. The lowest BCUT2D eigenvalue weighted by atomic mass is 10.1. The molecule has 1 N–H and O–H groups in total. The van der Waals surface area contributed by atoms with Crippen molar-refractivity contribution >= 4 is 5.69 Å². The molecular weight excluding hydrogens is 238 g/mol. The second kappa shape index (κ2) is 4.88. The maximum atomic E-state index is 12.0. The molecule has 1 aliphatic carbocycles. The van der Waals surface area contributed by atoms with Crippen molar-refractivity contribution in [3.63, 3.8) is 0 Å². The summed E-state index contributed by atoms with van der Waals surface area (Å²) < 4.78 is 1.50. The first kappa shape index (κ1) is 12.0. The van der Waals surface area contributed by atoms with Crippen LogP contribution in [-0.2, 0) is 6.54 Å². The second-order valence-electron chi connectivity index (χ2n) is 5.09. The highest BCUT2D eigenvalue weighted by molar-refractivity contribution is 5.41. The fourth-order valence-electron chi connectivity index (χ4n) is 2.04. The molecule has 0 radical (unpaired) electrons. The number of nitrogens with zero attached hydrogens (tertiary/aromatic N) is 2. The van der Waals surface area contributed by atoms with E-state index < -0.39 is 0 Å². The molecule has 0 atom stereocenters. The van der Waals surface area contributed by atoms with Gasteiger partial charge in [0, 0.05) is 12.1 Å². The van der Waals surface area contributed by atoms with Gasteiger partial charge in [-0.25, -0.2) is 4.68 Å². The summed E-state index contributed by atoms with van der Waals surface area (Å²) in [5.41, 5.74) is 3.07. The summed E-state index contributed by atoms with van der Waals surface area (Å²) in [4.78, 5) is 12.0. The third kappa shape index (κ3) is 2.84. The summed E-state index contributed by atoms with van der Waals surface area (Å²) in [5.74, 6) is 0. The van der Waals surface area contributed by atoms with Crippen LogP contribution < -0.4 is 10.9 Å². The Balaban J connectivity index is 1.81. The van der Waals surface area contributed by atoms with Crippen LogP contribution in [0.5, 0.6) is 0 Å². The van der Waals surface area contributed by atoms with Crippen LogP contribution in [0.1, 0.15) is 24.0 Å². The van der Waals surface area contributed by atoms with E-state index in [2.05, 4.69) is 10.4 Å². The number of hydrogen-bond donors (Lipinski definition) is 1. The molecule has 2 aromatic rings. The lowest BCUT2D eigenvalue weighted by Gasteiger charge is -2.09. The highest BCUT2D eigenvalue weighted by atomic mass is 16.1. The summed E-state index contributed by atoms with van der Waals surface area (Å²) in [5, 5.41) is 7.52. The largest absolute Gasteiger partial charge is 0.381 e. The van der Waals surface area contributed by atoms with E-state index in [1.807, 2.05) is 31.2 Å². The Hall–Kier alpha value is -2.10. The van der Waals surface area contributed by atoms with Crippen LogP contribution >= 0.6 is 0 Å². The van der Waals surface area contributed by atoms with Crippen molar-refractivity contribution in [2.75, 3.05) is 5.32 Å². The Labute approximate surface area is 112 Å². The first-order chi connectivity index (χ1) is 9.22. The molecule has 1 aromatic carbocycles. The van der Waals surface area contributed by atoms with Gasteiger partial charge in [-0.3, -0.25) is 4.79 Å². The fraction of sp³-hybridized carbons (Fsp3) is 0.333. The Bertz CT molecular complexity index is 644. The summed E-state index contributed by atoms with van der Waals surface area (Å²) in [7, 11) is 0. The molecule has 0 bridgehead atoms. The Morgan fingerprint density at radius 3 is 2.84 bits per heavy atom. The smallest absolute Gasteiger partial charge is 0.269 e. The molecule has 0 saturated heterocycles. The van der Waals surface area contributed by atoms with Crippen LogP contribution in [0.15, 0.2) is 41.3 Å². The SMILES string of the molecule is Cc1ccccc1Cn1ncc(NC2CC2)cc1=O. The van der Waals surface area contributed by atoms with Gasteiger partial charge in [0.25, 0.3) is 5.56 Å². The fourth-order valence-corrected chi connectivity index (χ4v) is 2.04. The van der Waals surface area contributed by atoms with Crippen molar-refractivity contribution in [3.05, 3.63) is 58.0 Å². The van der Waals surface area contributed by atoms with Crippen molar-refractivity contribution in [3.8, 4) is 0 Å². The summed E-state index contributed by atoms with van der Waals surface area (Å²) in [6, 6.07) is 10.2. The molecule has 19 heavy (non-hydrogen) atoms. The Morgan fingerprint density at radius 2 is 2.16 bits per heavy atom. The molecule has 1 saturated carbocycles. The van der Waals surface area contributed by atoms with Gasteiger partial charge in [0.1, 0.15) is 0 Å². The molecule has 4 heteroatoms. The van der Waals surface area contributed by atoms with Gasteiger partial charge in [-0.1, -0.05) is 24.3 Å². The molecular formula is C15H17N3O. The molecule has 0 aliphatic heterocycles. The molecule has 0 unspecified atom stereocenters. The zero-order valence-corrected chi connectivity index (χ0v) is 11.0. The van der Waals surface area contributed by atoms with E-state index in [-0.39, 0.29) is 5.56 Å².